The lowest BCUT2D eigenvalue weighted by Gasteiger charge is -2.42. The second kappa shape index (κ2) is 12.5. The predicted molar refractivity (Wildman–Crippen MR) is 152 cm³/mol. The Hall–Kier alpha value is -3.95. The Morgan fingerprint density at radius 3 is 2.70 bits per heavy atom. The van der Waals surface area contributed by atoms with Gasteiger partial charge >= 0.3 is 0 Å². The van der Waals surface area contributed by atoms with Crippen molar-refractivity contribution < 1.29 is 14.3 Å². The van der Waals surface area contributed by atoms with E-state index in [2.05, 4.69) is 25.3 Å². The minimum Gasteiger partial charge on any atom is -0.492 e. The van der Waals surface area contributed by atoms with Gasteiger partial charge in [0.25, 0.3) is 5.91 Å². The van der Waals surface area contributed by atoms with Crippen LogP contribution in [0, 0.1) is 12.3 Å². The van der Waals surface area contributed by atoms with Crippen LogP contribution in [0.15, 0.2) is 48.9 Å². The van der Waals surface area contributed by atoms with Crippen molar-refractivity contribution in [3.8, 4) is 5.75 Å². The van der Waals surface area contributed by atoms with Crippen LogP contribution in [0.4, 0.5) is 5.82 Å². The minimum atomic E-state index is -0.142. The van der Waals surface area contributed by atoms with Crippen LogP contribution in [0.1, 0.15) is 53.8 Å². The number of aryl methyl sites for hydroxylation is 3. The zero-order valence-corrected chi connectivity index (χ0v) is 23.5. The second-order valence-corrected chi connectivity index (χ2v) is 11.0. The van der Waals surface area contributed by atoms with Crippen molar-refractivity contribution >= 4 is 17.6 Å². The lowest BCUT2D eigenvalue weighted by atomic mass is 9.75. The van der Waals surface area contributed by atoms with Gasteiger partial charge < -0.3 is 19.9 Å². The van der Waals surface area contributed by atoms with Crippen molar-refractivity contribution in [1.29, 1.82) is 0 Å². The van der Waals surface area contributed by atoms with Gasteiger partial charge in [0.1, 0.15) is 17.4 Å². The van der Waals surface area contributed by atoms with E-state index in [4.69, 9.17) is 4.74 Å². The highest BCUT2D eigenvalue weighted by molar-refractivity contribution is 5.96. The maximum Gasteiger partial charge on any atom is 0.255 e. The lowest BCUT2D eigenvalue weighted by molar-refractivity contribution is -0.134. The molecule has 1 fully saturated rings. The Morgan fingerprint density at radius 2 is 1.93 bits per heavy atom. The van der Waals surface area contributed by atoms with E-state index in [1.165, 1.54) is 0 Å². The molecule has 5 rings (SSSR count). The summed E-state index contributed by atoms with van der Waals surface area (Å²) in [5, 5.41) is 7.26. The number of anilines is 1. The molecule has 0 radical (unpaired) electrons. The number of nitrogens with zero attached hydrogens (tertiary/aromatic N) is 6. The molecule has 2 aliphatic heterocycles. The van der Waals surface area contributed by atoms with E-state index >= 15 is 0 Å². The smallest absolute Gasteiger partial charge is 0.255 e. The molecule has 0 bridgehead atoms. The summed E-state index contributed by atoms with van der Waals surface area (Å²) >= 11 is 0. The Kier molecular flexibility index (Phi) is 8.62. The molecule has 10 nitrogen and oxygen atoms in total. The van der Waals surface area contributed by atoms with Crippen LogP contribution in [0.5, 0.6) is 5.75 Å². The number of carbonyl (C=O) groups is 2. The van der Waals surface area contributed by atoms with Gasteiger partial charge in [-0.05, 0) is 62.8 Å². The van der Waals surface area contributed by atoms with Crippen LogP contribution in [-0.4, -0.2) is 75.8 Å². The van der Waals surface area contributed by atoms with Crippen molar-refractivity contribution in [2.75, 3.05) is 44.2 Å². The Balaban J connectivity index is 1.29. The Bertz CT molecular complexity index is 1320. The Labute approximate surface area is 235 Å². The van der Waals surface area contributed by atoms with Crippen molar-refractivity contribution in [2.24, 2.45) is 12.5 Å². The van der Waals surface area contributed by atoms with Gasteiger partial charge in [-0.15, -0.1) is 0 Å². The highest BCUT2D eigenvalue weighted by atomic mass is 16.5. The quantitative estimate of drug-likeness (QED) is 0.537. The molecule has 0 saturated carbocycles. The summed E-state index contributed by atoms with van der Waals surface area (Å²) in [5.41, 5.74) is 1.55. The first kappa shape index (κ1) is 27.6. The molecule has 1 N–H and O–H groups in total. The molecule has 1 aromatic carbocycles. The Morgan fingerprint density at radius 1 is 1.10 bits per heavy atom. The topological polar surface area (TPSA) is 105 Å². The fraction of sp³-hybridized carbons (Fsp3) is 0.500. The molecule has 1 saturated heterocycles. The summed E-state index contributed by atoms with van der Waals surface area (Å²) in [4.78, 5) is 39.2. The van der Waals surface area contributed by atoms with Crippen molar-refractivity contribution in [3.63, 3.8) is 0 Å². The molecule has 40 heavy (non-hydrogen) atoms. The van der Waals surface area contributed by atoms with E-state index in [9.17, 15) is 9.59 Å². The van der Waals surface area contributed by atoms with E-state index < -0.39 is 0 Å². The number of carbonyl (C=O) groups excluding carboxylic acids is 2. The standard InChI is InChI=1S/C30H39N7O3/c1-23-31-14-10-27(34-23)36-16-5-11-30(22-40-26-7-4-3-6-25(26)29(39)32-15-19-36)12-17-37(18-13-30)28(38)9-8-24-20-33-35(2)21-24/h3-4,6-7,10,14,20-21H,5,8-9,11-13,15-19,22H2,1-2H3,(H,32,39). The molecule has 0 unspecified atom stereocenters. The molecule has 0 aliphatic carbocycles. The number of hydrogen-bond acceptors (Lipinski definition) is 7. The SMILES string of the molecule is Cc1nccc(N2CCCC3(CCN(C(=O)CCc4cnn(C)c4)CC3)COc3ccccc3C(=O)NCC2)n1. The largest absolute Gasteiger partial charge is 0.492 e. The summed E-state index contributed by atoms with van der Waals surface area (Å²) in [6.07, 6.45) is 10.4. The molecule has 1 spiro atoms. The molecule has 10 heteroatoms. The number of fused-ring (bicyclic) bond motifs is 1. The third kappa shape index (κ3) is 6.78. The highest BCUT2D eigenvalue weighted by Gasteiger charge is 2.37. The fourth-order valence-corrected chi connectivity index (χ4v) is 5.72. The first-order valence-electron chi connectivity index (χ1n) is 14.2. The number of piperidine rings is 1. The van der Waals surface area contributed by atoms with Crippen molar-refractivity contribution in [2.45, 2.75) is 45.4 Å². The molecule has 2 aromatic heterocycles. The van der Waals surface area contributed by atoms with Gasteiger partial charge in [0.15, 0.2) is 0 Å². The normalized spacial score (nSPS) is 18.1. The van der Waals surface area contributed by atoms with Crippen LogP contribution in [0.3, 0.4) is 0 Å². The number of para-hydroxylation sites is 1. The number of benzene rings is 1. The number of rotatable bonds is 4. The van der Waals surface area contributed by atoms with Gasteiger partial charge in [-0.25, -0.2) is 9.97 Å². The summed E-state index contributed by atoms with van der Waals surface area (Å²) < 4.78 is 8.16. The lowest BCUT2D eigenvalue weighted by Crippen LogP contribution is -2.46. The molecule has 4 heterocycles. The van der Waals surface area contributed by atoms with E-state index in [1.807, 2.05) is 61.6 Å². The van der Waals surface area contributed by atoms with Crippen molar-refractivity contribution in [3.05, 3.63) is 65.9 Å². The van der Waals surface area contributed by atoms with Crippen LogP contribution < -0.4 is 15.0 Å². The predicted octanol–water partition coefficient (Wildman–Crippen LogP) is 3.17. The fourth-order valence-electron chi connectivity index (χ4n) is 5.72. The molecule has 212 valence electrons. The molecule has 3 aromatic rings. The van der Waals surface area contributed by atoms with E-state index in [0.717, 1.165) is 49.4 Å². The van der Waals surface area contributed by atoms with Gasteiger partial charge in [0, 0.05) is 64.0 Å². The van der Waals surface area contributed by atoms with E-state index in [-0.39, 0.29) is 17.2 Å². The van der Waals surface area contributed by atoms with Gasteiger partial charge in [0.05, 0.1) is 18.4 Å². The summed E-state index contributed by atoms with van der Waals surface area (Å²) in [5.74, 6) is 2.25. The first-order chi connectivity index (χ1) is 19.4. The van der Waals surface area contributed by atoms with Crippen LogP contribution in [0.25, 0.3) is 0 Å². The van der Waals surface area contributed by atoms with Crippen LogP contribution in [-0.2, 0) is 18.3 Å². The molecular formula is C30H39N7O3. The average Bonchev–Trinajstić information content (AvgIpc) is 3.39. The molecular weight excluding hydrogens is 506 g/mol. The van der Waals surface area contributed by atoms with Gasteiger partial charge in [-0.3, -0.25) is 14.3 Å². The molecule has 2 amide bonds. The van der Waals surface area contributed by atoms with Crippen LogP contribution in [0.2, 0.25) is 0 Å². The summed E-state index contributed by atoms with van der Waals surface area (Å²) in [7, 11) is 1.89. The number of amides is 2. The first-order valence-corrected chi connectivity index (χ1v) is 14.2. The number of nitrogens with one attached hydrogen (secondary N) is 1. The zero-order valence-electron chi connectivity index (χ0n) is 23.5. The van der Waals surface area contributed by atoms with Gasteiger partial charge in [-0.1, -0.05) is 12.1 Å². The highest BCUT2D eigenvalue weighted by Crippen LogP contribution is 2.38. The third-order valence-electron chi connectivity index (χ3n) is 8.12. The monoisotopic (exact) mass is 545 g/mol. The average molecular weight is 546 g/mol. The molecule has 2 aliphatic rings. The molecule has 0 atom stereocenters. The summed E-state index contributed by atoms with van der Waals surface area (Å²) in [6, 6.07) is 9.37. The van der Waals surface area contributed by atoms with Crippen molar-refractivity contribution in [1.82, 2.24) is 30.0 Å². The van der Waals surface area contributed by atoms with Crippen LogP contribution >= 0.6 is 0 Å². The number of ether oxygens (including phenoxy) is 1. The van der Waals surface area contributed by atoms with E-state index in [1.54, 1.807) is 10.9 Å². The number of hydrogen-bond donors (Lipinski definition) is 1. The maximum atomic E-state index is 13.1. The third-order valence-corrected chi connectivity index (χ3v) is 8.12. The minimum absolute atomic E-state index is 0.0783. The van der Waals surface area contributed by atoms with E-state index in [0.29, 0.717) is 56.9 Å². The number of likely N-dealkylation sites (tertiary alicyclic amines) is 1. The number of aromatic nitrogens is 4. The van der Waals surface area contributed by atoms with Gasteiger partial charge in [-0.2, -0.15) is 5.10 Å². The second-order valence-electron chi connectivity index (χ2n) is 11.0. The maximum absolute atomic E-state index is 13.1. The van der Waals surface area contributed by atoms with Gasteiger partial charge in [0.2, 0.25) is 5.91 Å². The summed E-state index contributed by atoms with van der Waals surface area (Å²) in [6.45, 7) is 5.80. The zero-order chi connectivity index (χ0) is 28.0.